The fraction of sp³-hybridized carbons (Fsp3) is 0.227. The Hall–Kier alpha value is -5.22. The van der Waals surface area contributed by atoms with Crippen LogP contribution in [0.25, 0.3) is 54.9 Å². The highest BCUT2D eigenvalue weighted by molar-refractivity contribution is 6.12. The van der Waals surface area contributed by atoms with Gasteiger partial charge in [-0.1, -0.05) is 99.5 Å². The van der Waals surface area contributed by atoms with Crippen LogP contribution in [-0.2, 0) is 13.1 Å². The maximum absolute atomic E-state index is 9.89. The molecule has 0 saturated carbocycles. The normalized spacial score (nSPS) is 13.4. The average Bonchev–Trinajstić information content (AvgIpc) is 3.28. The minimum Gasteiger partial charge on any atom is -0.316 e. The van der Waals surface area contributed by atoms with Gasteiger partial charge in [0.2, 0.25) is 0 Å². The van der Waals surface area contributed by atoms with Crippen LogP contribution in [0.2, 0.25) is 0 Å². The number of rotatable bonds is 8. The number of hydrogen-bond acceptors (Lipinski definition) is 2. The summed E-state index contributed by atoms with van der Waals surface area (Å²) in [5, 5.41) is 24.7. The van der Waals surface area contributed by atoms with Gasteiger partial charge in [0, 0.05) is 22.3 Å². The van der Waals surface area contributed by atoms with Gasteiger partial charge in [-0.25, -0.2) is 0 Å². The fourth-order valence-electron chi connectivity index (χ4n) is 7.85. The zero-order valence-corrected chi connectivity index (χ0v) is 27.4. The highest BCUT2D eigenvalue weighted by Gasteiger charge is 2.37. The Bertz CT molecular complexity index is 2050. The van der Waals surface area contributed by atoms with E-state index >= 15 is 0 Å². The first kappa shape index (κ1) is 30.4. The molecule has 0 N–H and O–H groups in total. The molecule has 1 aliphatic rings. The van der Waals surface area contributed by atoms with Crippen LogP contribution in [0.3, 0.4) is 0 Å². The van der Waals surface area contributed by atoms with Crippen LogP contribution < -0.4 is 0 Å². The summed E-state index contributed by atoms with van der Waals surface area (Å²) >= 11 is 0. The number of benzene rings is 6. The molecule has 0 aromatic heterocycles. The monoisotopic (exact) mass is 610 g/mol. The topological polar surface area (TPSA) is 47.6 Å². The van der Waals surface area contributed by atoms with Gasteiger partial charge in [0.05, 0.1) is 36.4 Å². The number of nitriles is 2. The Kier molecular flexibility index (Phi) is 8.34. The molecular formula is C44H40N3+. The second kappa shape index (κ2) is 12.9. The van der Waals surface area contributed by atoms with E-state index in [1.165, 1.54) is 54.9 Å². The maximum atomic E-state index is 9.89. The van der Waals surface area contributed by atoms with E-state index in [0.717, 1.165) is 67.5 Å². The number of unbranched alkanes of at least 4 members (excludes halogenated alkanes) is 2. The summed E-state index contributed by atoms with van der Waals surface area (Å²) < 4.78 is 0.980. The molecule has 1 aliphatic heterocycles. The molecule has 0 fully saturated rings. The zero-order valence-electron chi connectivity index (χ0n) is 27.4. The molecule has 1 heterocycles. The van der Waals surface area contributed by atoms with Crippen molar-refractivity contribution in [3.05, 3.63) is 131 Å². The predicted molar refractivity (Wildman–Crippen MR) is 194 cm³/mol. The van der Waals surface area contributed by atoms with Gasteiger partial charge in [-0.05, 0) is 93.0 Å². The maximum Gasteiger partial charge on any atom is 0.106 e. The van der Waals surface area contributed by atoms with E-state index in [0.29, 0.717) is 11.1 Å². The number of fused-ring (bicyclic) bond motifs is 7. The molecule has 0 saturated heterocycles. The largest absolute Gasteiger partial charge is 0.316 e. The van der Waals surface area contributed by atoms with Gasteiger partial charge < -0.3 is 4.48 Å². The minimum absolute atomic E-state index is 0.682. The standard InChI is InChI=1S/C44H40N3/c1-3-5-21-47(22-6-4-2)29-41-39(33-17-11-13-31(23-33)27-45)25-35-15-7-9-19-37(35)43(41)44-38-20-10-8-16-36(38)26-40(42(44)30-47)34-18-12-14-32(24-34)28-46/h7-20,23-26H,3-6,21-22,29-30H2,1-2H3/q+1. The van der Waals surface area contributed by atoms with Crippen LogP contribution >= 0.6 is 0 Å². The quantitative estimate of drug-likeness (QED) is 0.161. The predicted octanol–water partition coefficient (Wildman–Crippen LogP) is 11.2. The van der Waals surface area contributed by atoms with Crippen molar-refractivity contribution in [1.82, 2.24) is 0 Å². The lowest BCUT2D eigenvalue weighted by atomic mass is 9.82. The van der Waals surface area contributed by atoms with Gasteiger partial charge in [-0.15, -0.1) is 0 Å². The van der Waals surface area contributed by atoms with E-state index in [-0.39, 0.29) is 0 Å². The van der Waals surface area contributed by atoms with E-state index in [1.807, 2.05) is 24.3 Å². The molecular weight excluding hydrogens is 571 g/mol. The van der Waals surface area contributed by atoms with E-state index in [2.05, 4.69) is 111 Å². The number of hydrogen-bond donors (Lipinski definition) is 0. The molecule has 0 radical (unpaired) electrons. The Morgan fingerprint density at radius 1 is 0.553 bits per heavy atom. The van der Waals surface area contributed by atoms with Crippen molar-refractivity contribution < 1.29 is 4.48 Å². The summed E-state index contributed by atoms with van der Waals surface area (Å²) in [4.78, 5) is 0. The fourth-order valence-corrected chi connectivity index (χ4v) is 7.85. The smallest absolute Gasteiger partial charge is 0.106 e. The van der Waals surface area contributed by atoms with E-state index < -0.39 is 0 Å². The van der Waals surface area contributed by atoms with Gasteiger partial charge in [0.25, 0.3) is 0 Å². The van der Waals surface area contributed by atoms with Gasteiger partial charge >= 0.3 is 0 Å². The third-order valence-corrected chi connectivity index (χ3v) is 10.1. The summed E-state index contributed by atoms with van der Waals surface area (Å²) in [6.07, 6.45) is 4.62. The first-order chi connectivity index (χ1) is 23.1. The van der Waals surface area contributed by atoms with Crippen LogP contribution in [0, 0.1) is 22.7 Å². The molecule has 3 heteroatoms. The first-order valence-electron chi connectivity index (χ1n) is 17.0. The Morgan fingerprint density at radius 2 is 1.00 bits per heavy atom. The first-order valence-corrected chi connectivity index (χ1v) is 17.0. The molecule has 0 unspecified atom stereocenters. The Balaban J connectivity index is 1.68. The van der Waals surface area contributed by atoms with Crippen molar-refractivity contribution >= 4 is 21.5 Å². The molecule has 7 rings (SSSR count). The lowest BCUT2D eigenvalue weighted by molar-refractivity contribution is -0.953. The lowest BCUT2D eigenvalue weighted by Crippen LogP contribution is -2.47. The molecule has 47 heavy (non-hydrogen) atoms. The van der Waals surface area contributed by atoms with E-state index in [1.54, 1.807) is 0 Å². The van der Waals surface area contributed by atoms with Gasteiger partial charge in [-0.2, -0.15) is 10.5 Å². The van der Waals surface area contributed by atoms with Crippen molar-refractivity contribution in [2.45, 2.75) is 52.6 Å². The van der Waals surface area contributed by atoms with Crippen LogP contribution in [0.15, 0.2) is 109 Å². The average molecular weight is 611 g/mol. The third kappa shape index (κ3) is 5.59. The Labute approximate surface area is 278 Å². The highest BCUT2D eigenvalue weighted by Crippen LogP contribution is 2.50. The van der Waals surface area contributed by atoms with Crippen molar-refractivity contribution in [3.8, 4) is 45.5 Å². The molecule has 0 spiro atoms. The lowest BCUT2D eigenvalue weighted by Gasteiger charge is -2.39. The molecule has 0 aliphatic carbocycles. The highest BCUT2D eigenvalue weighted by atomic mass is 15.3. The second-order valence-electron chi connectivity index (χ2n) is 13.2. The summed E-state index contributed by atoms with van der Waals surface area (Å²) in [7, 11) is 0. The van der Waals surface area contributed by atoms with Crippen molar-refractivity contribution in [3.63, 3.8) is 0 Å². The van der Waals surface area contributed by atoms with E-state index in [9.17, 15) is 10.5 Å². The van der Waals surface area contributed by atoms with Gasteiger partial charge in [0.1, 0.15) is 13.1 Å². The SMILES string of the molecule is CCCC[N+]1(CCCC)Cc2c(-c3cccc(C#N)c3)cc3ccccc3c2-c2c(c(-c3cccc(C#N)c3)cc3ccccc23)C1. The molecule has 230 valence electrons. The summed E-state index contributed by atoms with van der Waals surface area (Å²) in [6, 6.07) is 43.5. The van der Waals surface area contributed by atoms with Gasteiger partial charge in [0.15, 0.2) is 0 Å². The zero-order chi connectivity index (χ0) is 32.4. The summed E-state index contributed by atoms with van der Waals surface area (Å²) in [5.74, 6) is 0. The van der Waals surface area contributed by atoms with Crippen molar-refractivity contribution in [2.75, 3.05) is 13.1 Å². The third-order valence-electron chi connectivity index (χ3n) is 10.1. The molecule has 0 amide bonds. The van der Waals surface area contributed by atoms with Crippen molar-refractivity contribution in [1.29, 1.82) is 10.5 Å². The number of nitrogens with zero attached hydrogens (tertiary/aromatic N) is 3. The Morgan fingerprint density at radius 3 is 1.43 bits per heavy atom. The van der Waals surface area contributed by atoms with Crippen LogP contribution in [0.4, 0.5) is 0 Å². The second-order valence-corrected chi connectivity index (χ2v) is 13.2. The molecule has 6 aromatic rings. The molecule has 3 nitrogen and oxygen atoms in total. The van der Waals surface area contributed by atoms with Crippen LogP contribution in [0.5, 0.6) is 0 Å². The number of quaternary nitrogens is 1. The van der Waals surface area contributed by atoms with Crippen molar-refractivity contribution in [2.24, 2.45) is 0 Å². The van der Waals surface area contributed by atoms with E-state index in [4.69, 9.17) is 0 Å². The minimum atomic E-state index is 0.682. The molecule has 0 atom stereocenters. The van der Waals surface area contributed by atoms with Crippen LogP contribution in [-0.4, -0.2) is 17.6 Å². The summed E-state index contributed by atoms with van der Waals surface area (Å²) in [6.45, 7) is 8.65. The summed E-state index contributed by atoms with van der Waals surface area (Å²) in [5.41, 5.74) is 11.4. The van der Waals surface area contributed by atoms with Gasteiger partial charge in [-0.3, -0.25) is 0 Å². The van der Waals surface area contributed by atoms with Crippen LogP contribution in [0.1, 0.15) is 61.8 Å². The molecule has 0 bridgehead atoms. The molecule has 6 aromatic carbocycles.